The van der Waals surface area contributed by atoms with E-state index < -0.39 is 12.0 Å². The average Bonchev–Trinajstić information content (AvgIpc) is 2.45. The first-order valence-corrected chi connectivity index (χ1v) is 6.74. The van der Waals surface area contributed by atoms with Gasteiger partial charge in [0.25, 0.3) is 0 Å². The Labute approximate surface area is 108 Å². The van der Waals surface area contributed by atoms with Gasteiger partial charge in [0.2, 0.25) is 0 Å². The van der Waals surface area contributed by atoms with Crippen molar-refractivity contribution in [1.29, 1.82) is 0 Å². The van der Waals surface area contributed by atoms with Gasteiger partial charge in [-0.2, -0.15) is 0 Å². The van der Waals surface area contributed by atoms with Crippen molar-refractivity contribution in [1.82, 2.24) is 4.90 Å². The van der Waals surface area contributed by atoms with E-state index in [0.717, 1.165) is 4.47 Å². The maximum atomic E-state index is 11.0. The number of aliphatic carboxylic acids is 1. The summed E-state index contributed by atoms with van der Waals surface area (Å²) < 4.78 is 1.10. The summed E-state index contributed by atoms with van der Waals surface area (Å²) in [6.45, 7) is 4.62. The Morgan fingerprint density at radius 3 is 2.69 bits per heavy atom. The number of carboxylic acid groups (broad SMARTS) is 1. The lowest BCUT2D eigenvalue weighted by atomic mass is 10.2. The Bertz CT molecular complexity index is 359. The molecule has 0 saturated carbocycles. The highest BCUT2D eigenvalue weighted by atomic mass is 79.9. The van der Waals surface area contributed by atoms with E-state index in [4.69, 9.17) is 5.11 Å². The molecule has 1 N–H and O–H groups in total. The predicted octanol–water partition coefficient (Wildman–Crippen LogP) is 3.11. The fourth-order valence-corrected chi connectivity index (χ4v) is 3.29. The van der Waals surface area contributed by atoms with Crippen LogP contribution in [-0.2, 0) is 11.3 Å². The fraction of sp³-hybridized carbons (Fsp3) is 0.545. The van der Waals surface area contributed by atoms with Crippen LogP contribution in [0.1, 0.15) is 23.1 Å². The molecular formula is C11H16BrNO2S. The zero-order chi connectivity index (χ0) is 12.3. The maximum absolute atomic E-state index is 11.0. The predicted molar refractivity (Wildman–Crippen MR) is 69.9 cm³/mol. The van der Waals surface area contributed by atoms with Gasteiger partial charge in [0, 0.05) is 20.8 Å². The van der Waals surface area contributed by atoms with Gasteiger partial charge in [-0.15, -0.1) is 11.3 Å². The number of carbonyl (C=O) groups is 1. The van der Waals surface area contributed by atoms with Crippen molar-refractivity contribution in [2.45, 2.75) is 32.9 Å². The smallest absolute Gasteiger partial charge is 0.320 e. The molecule has 0 amide bonds. The number of hydrogen-bond donors (Lipinski definition) is 1. The molecule has 16 heavy (non-hydrogen) atoms. The van der Waals surface area contributed by atoms with Crippen molar-refractivity contribution in [3.8, 4) is 0 Å². The van der Waals surface area contributed by atoms with E-state index in [0.29, 0.717) is 13.0 Å². The van der Waals surface area contributed by atoms with Crippen LogP contribution in [0.3, 0.4) is 0 Å². The Morgan fingerprint density at radius 1 is 1.69 bits per heavy atom. The Kier molecular flexibility index (Phi) is 4.95. The molecule has 3 nitrogen and oxygen atoms in total. The SMILES string of the molecule is CCC(C(=O)O)N(C)Cc1cc(Br)c(C)s1. The topological polar surface area (TPSA) is 40.5 Å². The lowest BCUT2D eigenvalue weighted by molar-refractivity contribution is -0.143. The molecule has 90 valence electrons. The van der Waals surface area contributed by atoms with Gasteiger partial charge in [-0.3, -0.25) is 9.69 Å². The average molecular weight is 306 g/mol. The van der Waals surface area contributed by atoms with Crippen molar-refractivity contribution >= 4 is 33.2 Å². The molecule has 1 unspecified atom stereocenters. The van der Waals surface area contributed by atoms with E-state index in [2.05, 4.69) is 22.0 Å². The van der Waals surface area contributed by atoms with Crippen molar-refractivity contribution < 1.29 is 9.90 Å². The summed E-state index contributed by atoms with van der Waals surface area (Å²) in [6.07, 6.45) is 0.622. The van der Waals surface area contributed by atoms with Gasteiger partial charge in [0.15, 0.2) is 0 Å². The molecule has 0 radical (unpaired) electrons. The molecule has 0 aromatic carbocycles. The van der Waals surface area contributed by atoms with Crippen LogP contribution in [0.25, 0.3) is 0 Å². The molecule has 0 saturated heterocycles. The molecule has 1 rings (SSSR count). The zero-order valence-electron chi connectivity index (χ0n) is 9.66. The van der Waals surface area contributed by atoms with Crippen molar-refractivity contribution in [2.75, 3.05) is 7.05 Å². The number of aryl methyl sites for hydroxylation is 1. The summed E-state index contributed by atoms with van der Waals surface area (Å²) in [5, 5.41) is 9.03. The molecule has 1 aromatic rings. The highest BCUT2D eigenvalue weighted by Gasteiger charge is 2.20. The molecule has 0 bridgehead atoms. The van der Waals surface area contributed by atoms with Gasteiger partial charge >= 0.3 is 5.97 Å². The summed E-state index contributed by atoms with van der Waals surface area (Å²) >= 11 is 5.17. The molecule has 1 heterocycles. The monoisotopic (exact) mass is 305 g/mol. The highest BCUT2D eigenvalue weighted by Crippen LogP contribution is 2.27. The van der Waals surface area contributed by atoms with E-state index in [1.807, 2.05) is 25.8 Å². The summed E-state index contributed by atoms with van der Waals surface area (Å²) in [5.41, 5.74) is 0. The van der Waals surface area contributed by atoms with Crippen LogP contribution in [0, 0.1) is 6.92 Å². The minimum Gasteiger partial charge on any atom is -0.480 e. The number of halogens is 1. The van der Waals surface area contributed by atoms with Crippen molar-refractivity contribution in [3.05, 3.63) is 20.3 Å². The second-order valence-electron chi connectivity index (χ2n) is 3.79. The maximum Gasteiger partial charge on any atom is 0.320 e. The van der Waals surface area contributed by atoms with Crippen LogP contribution in [0.4, 0.5) is 0 Å². The van der Waals surface area contributed by atoms with Crippen LogP contribution >= 0.6 is 27.3 Å². The second-order valence-corrected chi connectivity index (χ2v) is 5.99. The summed E-state index contributed by atoms with van der Waals surface area (Å²) in [5.74, 6) is -0.752. The van der Waals surface area contributed by atoms with Gasteiger partial charge in [-0.05, 0) is 42.4 Å². The third-order valence-electron chi connectivity index (χ3n) is 2.52. The molecule has 5 heteroatoms. The molecule has 0 aliphatic heterocycles. The Morgan fingerprint density at radius 2 is 2.31 bits per heavy atom. The third kappa shape index (κ3) is 3.30. The lowest BCUT2D eigenvalue weighted by Crippen LogP contribution is -2.37. The van der Waals surface area contributed by atoms with E-state index in [-0.39, 0.29) is 0 Å². The van der Waals surface area contributed by atoms with E-state index in [1.165, 1.54) is 9.75 Å². The van der Waals surface area contributed by atoms with Crippen LogP contribution in [0.5, 0.6) is 0 Å². The van der Waals surface area contributed by atoms with Gasteiger partial charge in [0.1, 0.15) is 6.04 Å². The van der Waals surface area contributed by atoms with Crippen LogP contribution in [-0.4, -0.2) is 29.1 Å². The van der Waals surface area contributed by atoms with Gasteiger partial charge < -0.3 is 5.11 Å². The molecule has 1 aromatic heterocycles. The molecular weight excluding hydrogens is 290 g/mol. The largest absolute Gasteiger partial charge is 0.480 e. The lowest BCUT2D eigenvalue weighted by Gasteiger charge is -2.22. The van der Waals surface area contributed by atoms with Crippen molar-refractivity contribution in [2.24, 2.45) is 0 Å². The minimum atomic E-state index is -0.752. The highest BCUT2D eigenvalue weighted by molar-refractivity contribution is 9.10. The second kappa shape index (κ2) is 5.80. The Hall–Kier alpha value is -0.390. The molecule has 0 aliphatic rings. The number of hydrogen-bond acceptors (Lipinski definition) is 3. The number of likely N-dealkylation sites (N-methyl/N-ethyl adjacent to an activating group) is 1. The number of nitrogens with zero attached hydrogens (tertiary/aromatic N) is 1. The zero-order valence-corrected chi connectivity index (χ0v) is 12.1. The summed E-state index contributed by atoms with van der Waals surface area (Å²) in [4.78, 5) is 15.3. The molecule has 0 aliphatic carbocycles. The van der Waals surface area contributed by atoms with E-state index >= 15 is 0 Å². The first-order valence-electron chi connectivity index (χ1n) is 5.13. The van der Waals surface area contributed by atoms with Gasteiger partial charge in [-0.1, -0.05) is 6.92 Å². The molecule has 0 fully saturated rings. The molecule has 0 spiro atoms. The third-order valence-corrected chi connectivity index (χ3v) is 4.64. The standard InChI is InChI=1S/C11H16BrNO2S/c1-4-10(11(14)15)13(3)6-8-5-9(12)7(2)16-8/h5,10H,4,6H2,1-3H3,(H,14,15). The first-order chi connectivity index (χ1) is 7.45. The Balaban J connectivity index is 2.69. The van der Waals surface area contributed by atoms with Gasteiger partial charge in [0.05, 0.1) is 0 Å². The number of carboxylic acids is 1. The number of rotatable bonds is 5. The van der Waals surface area contributed by atoms with Crippen molar-refractivity contribution in [3.63, 3.8) is 0 Å². The summed E-state index contributed by atoms with van der Waals surface area (Å²) in [7, 11) is 1.85. The van der Waals surface area contributed by atoms with Gasteiger partial charge in [-0.25, -0.2) is 0 Å². The minimum absolute atomic E-state index is 0.402. The summed E-state index contributed by atoms with van der Waals surface area (Å²) in [6, 6.07) is 1.66. The quantitative estimate of drug-likeness (QED) is 0.908. The molecule has 1 atom stereocenters. The normalized spacial score (nSPS) is 13.1. The van der Waals surface area contributed by atoms with Crippen LogP contribution in [0.2, 0.25) is 0 Å². The van der Waals surface area contributed by atoms with E-state index in [9.17, 15) is 4.79 Å². The number of thiophene rings is 1. The fourth-order valence-electron chi connectivity index (χ4n) is 1.63. The van der Waals surface area contributed by atoms with Crippen LogP contribution < -0.4 is 0 Å². The van der Waals surface area contributed by atoms with E-state index in [1.54, 1.807) is 11.3 Å². The first kappa shape index (κ1) is 13.7. The van der Waals surface area contributed by atoms with Crippen LogP contribution in [0.15, 0.2) is 10.5 Å².